The lowest BCUT2D eigenvalue weighted by Gasteiger charge is -2.39. The number of carboxylic acid groups (broad SMARTS) is 1. The minimum Gasteiger partial charge on any atom is -0.504 e. The van der Waals surface area contributed by atoms with E-state index in [4.69, 9.17) is 19.7 Å². The summed E-state index contributed by atoms with van der Waals surface area (Å²) in [5.41, 5.74) is 0.398. The van der Waals surface area contributed by atoms with Crippen molar-refractivity contribution in [3.05, 3.63) is 29.8 Å². The average molecular weight is 342 g/mol. The van der Waals surface area contributed by atoms with Crippen molar-refractivity contribution < 1.29 is 44.9 Å². The summed E-state index contributed by atoms with van der Waals surface area (Å²) in [7, 11) is 0. The lowest BCUT2D eigenvalue weighted by atomic mass is 9.99. The van der Waals surface area contributed by atoms with Crippen molar-refractivity contribution in [2.24, 2.45) is 0 Å². The van der Waals surface area contributed by atoms with E-state index < -0.39 is 43.3 Å². The maximum absolute atomic E-state index is 10.5. The first-order valence-corrected chi connectivity index (χ1v) is 7.04. The summed E-state index contributed by atoms with van der Waals surface area (Å²) in [5.74, 6) is -1.59. The van der Waals surface area contributed by atoms with Gasteiger partial charge in [-0.1, -0.05) is 6.07 Å². The molecule has 0 aliphatic carbocycles. The molecule has 24 heavy (non-hydrogen) atoms. The molecule has 1 aromatic rings. The molecule has 1 fully saturated rings. The molecular formula is C15H18O9. The van der Waals surface area contributed by atoms with Gasteiger partial charge in [0.25, 0.3) is 0 Å². The number of carbonyl (C=O) groups is 1. The Morgan fingerprint density at radius 3 is 2.54 bits per heavy atom. The highest BCUT2D eigenvalue weighted by Gasteiger charge is 2.44. The van der Waals surface area contributed by atoms with Crippen LogP contribution in [0, 0.1) is 0 Å². The molecule has 0 bridgehead atoms. The summed E-state index contributed by atoms with van der Waals surface area (Å²) >= 11 is 0. The van der Waals surface area contributed by atoms with Gasteiger partial charge in [0, 0.05) is 6.08 Å². The Morgan fingerprint density at radius 1 is 1.21 bits per heavy atom. The van der Waals surface area contributed by atoms with Gasteiger partial charge in [0.15, 0.2) is 11.5 Å². The molecule has 0 spiro atoms. The molecule has 0 radical (unpaired) electrons. The second kappa shape index (κ2) is 7.60. The van der Waals surface area contributed by atoms with Crippen molar-refractivity contribution in [3.8, 4) is 11.5 Å². The molecule has 2 rings (SSSR count). The van der Waals surface area contributed by atoms with Gasteiger partial charge in [0.1, 0.15) is 24.4 Å². The zero-order chi connectivity index (χ0) is 17.9. The van der Waals surface area contributed by atoms with Gasteiger partial charge in [-0.25, -0.2) is 4.79 Å². The van der Waals surface area contributed by atoms with Crippen molar-refractivity contribution in [2.45, 2.75) is 30.7 Å². The van der Waals surface area contributed by atoms with Crippen LogP contribution in [0.1, 0.15) is 5.56 Å². The molecule has 1 heterocycles. The Kier molecular flexibility index (Phi) is 5.75. The Bertz CT molecular complexity index is 613. The highest BCUT2D eigenvalue weighted by Crippen LogP contribution is 2.31. The third kappa shape index (κ3) is 4.02. The summed E-state index contributed by atoms with van der Waals surface area (Å²) < 4.78 is 10.5. The van der Waals surface area contributed by atoms with Crippen molar-refractivity contribution in [1.29, 1.82) is 0 Å². The van der Waals surface area contributed by atoms with Crippen LogP contribution >= 0.6 is 0 Å². The van der Waals surface area contributed by atoms with Crippen LogP contribution < -0.4 is 4.74 Å². The van der Waals surface area contributed by atoms with Crippen LogP contribution in [0.3, 0.4) is 0 Å². The summed E-state index contributed by atoms with van der Waals surface area (Å²) in [6.07, 6.45) is -5.20. The molecular weight excluding hydrogens is 324 g/mol. The number of hydrogen-bond donors (Lipinski definition) is 6. The van der Waals surface area contributed by atoms with Crippen LogP contribution in [0.2, 0.25) is 0 Å². The molecule has 0 amide bonds. The lowest BCUT2D eigenvalue weighted by molar-refractivity contribution is -0.277. The first kappa shape index (κ1) is 18.2. The number of benzene rings is 1. The molecule has 9 nitrogen and oxygen atoms in total. The summed E-state index contributed by atoms with van der Waals surface area (Å²) in [6, 6.07) is 3.99. The monoisotopic (exact) mass is 342 g/mol. The maximum Gasteiger partial charge on any atom is 0.328 e. The second-order valence-electron chi connectivity index (χ2n) is 5.21. The summed E-state index contributed by atoms with van der Waals surface area (Å²) in [4.78, 5) is 10.5. The third-order valence-corrected chi connectivity index (χ3v) is 3.49. The van der Waals surface area contributed by atoms with Gasteiger partial charge in [-0.2, -0.15) is 0 Å². The molecule has 1 aliphatic heterocycles. The number of aromatic hydroxyl groups is 1. The topological polar surface area (TPSA) is 157 Å². The zero-order valence-corrected chi connectivity index (χ0v) is 12.4. The number of ether oxygens (including phenoxy) is 2. The largest absolute Gasteiger partial charge is 0.504 e. The van der Waals surface area contributed by atoms with Gasteiger partial charge in [-0.15, -0.1) is 0 Å². The molecule has 1 aliphatic rings. The molecule has 6 N–H and O–H groups in total. The lowest BCUT2D eigenvalue weighted by Crippen LogP contribution is -2.60. The number of carboxylic acids is 1. The number of aliphatic hydroxyl groups excluding tert-OH is 4. The molecule has 1 saturated heterocycles. The van der Waals surface area contributed by atoms with E-state index in [-0.39, 0.29) is 11.5 Å². The van der Waals surface area contributed by atoms with Crippen molar-refractivity contribution >= 4 is 12.0 Å². The molecule has 5 atom stereocenters. The van der Waals surface area contributed by atoms with Crippen molar-refractivity contribution in [3.63, 3.8) is 0 Å². The molecule has 0 saturated carbocycles. The van der Waals surface area contributed by atoms with Crippen LogP contribution in [-0.4, -0.2) is 73.9 Å². The first-order valence-electron chi connectivity index (χ1n) is 7.04. The first-order chi connectivity index (χ1) is 11.3. The number of hydrogen-bond acceptors (Lipinski definition) is 8. The van der Waals surface area contributed by atoms with Gasteiger partial charge < -0.3 is 40.1 Å². The Morgan fingerprint density at radius 2 is 1.92 bits per heavy atom. The van der Waals surface area contributed by atoms with E-state index in [0.29, 0.717) is 5.56 Å². The fourth-order valence-electron chi connectivity index (χ4n) is 2.19. The molecule has 0 aromatic heterocycles. The van der Waals surface area contributed by atoms with E-state index in [1.165, 1.54) is 24.3 Å². The fraction of sp³-hybridized carbons (Fsp3) is 0.400. The smallest absolute Gasteiger partial charge is 0.328 e. The van der Waals surface area contributed by atoms with E-state index in [9.17, 15) is 25.2 Å². The van der Waals surface area contributed by atoms with Gasteiger partial charge in [0.05, 0.1) is 6.61 Å². The second-order valence-corrected chi connectivity index (χ2v) is 5.21. The predicted octanol–water partition coefficient (Wildman–Crippen LogP) is -1.33. The zero-order valence-electron chi connectivity index (χ0n) is 12.4. The van der Waals surface area contributed by atoms with E-state index >= 15 is 0 Å². The minimum absolute atomic E-state index is 0.133. The molecule has 9 heteroatoms. The Hall–Kier alpha value is -2.17. The van der Waals surface area contributed by atoms with Crippen LogP contribution in [0.4, 0.5) is 0 Å². The van der Waals surface area contributed by atoms with E-state index in [1.54, 1.807) is 0 Å². The van der Waals surface area contributed by atoms with Crippen molar-refractivity contribution in [1.82, 2.24) is 0 Å². The average Bonchev–Trinajstić information content (AvgIpc) is 2.55. The Balaban J connectivity index is 2.20. The molecule has 1 aromatic carbocycles. The van der Waals surface area contributed by atoms with Crippen molar-refractivity contribution in [2.75, 3.05) is 6.61 Å². The fourth-order valence-corrected chi connectivity index (χ4v) is 2.19. The highest BCUT2D eigenvalue weighted by atomic mass is 16.7. The van der Waals surface area contributed by atoms with Crippen LogP contribution in [0.15, 0.2) is 24.3 Å². The standard InChI is InChI=1S/C15H18O9/c16-6-10-12(20)13(21)14(22)15(24-10)23-9-5-7(1-3-8(9)17)2-4-11(18)19/h1-5,10,12-17,20-22H,6H2,(H,18,19)/b4-2-/t10-,12-,13+,14-,15-/m1/s1. The number of rotatable bonds is 5. The molecule has 132 valence electrons. The van der Waals surface area contributed by atoms with Gasteiger partial charge in [0.2, 0.25) is 6.29 Å². The van der Waals surface area contributed by atoms with E-state index in [2.05, 4.69) is 0 Å². The van der Waals surface area contributed by atoms with E-state index in [1.807, 2.05) is 0 Å². The van der Waals surface area contributed by atoms with Crippen LogP contribution in [-0.2, 0) is 9.53 Å². The SMILES string of the molecule is O=C(O)/C=C\c1ccc(O)c(O[C@@H]2O[C@H](CO)[C@@H](O)[C@H](O)[C@H]2O)c1. The third-order valence-electron chi connectivity index (χ3n) is 3.49. The number of phenols is 1. The highest BCUT2D eigenvalue weighted by molar-refractivity contribution is 5.85. The number of aliphatic carboxylic acids is 1. The van der Waals surface area contributed by atoms with E-state index in [0.717, 1.165) is 6.08 Å². The van der Waals surface area contributed by atoms with Gasteiger partial charge >= 0.3 is 5.97 Å². The minimum atomic E-state index is -1.62. The quantitative estimate of drug-likeness (QED) is 0.357. The van der Waals surface area contributed by atoms with Crippen LogP contribution in [0.25, 0.3) is 6.08 Å². The maximum atomic E-state index is 10.5. The van der Waals surface area contributed by atoms with Crippen LogP contribution in [0.5, 0.6) is 11.5 Å². The van der Waals surface area contributed by atoms with Gasteiger partial charge in [-0.05, 0) is 23.8 Å². The summed E-state index contributed by atoms with van der Waals surface area (Å²) in [6.45, 7) is -0.613. The van der Waals surface area contributed by atoms with Gasteiger partial charge in [-0.3, -0.25) is 0 Å². The Labute approximate surface area is 136 Å². The molecule has 0 unspecified atom stereocenters. The summed E-state index contributed by atoms with van der Waals surface area (Å²) in [5, 5.41) is 56.8. The normalized spacial score (nSPS) is 30.4. The number of phenolic OH excluding ortho intramolecular Hbond substituents is 1. The number of aliphatic hydroxyl groups is 4. The predicted molar refractivity (Wildman–Crippen MR) is 79.2 cm³/mol.